The van der Waals surface area contributed by atoms with E-state index in [9.17, 15) is 9.59 Å². The van der Waals surface area contributed by atoms with Gasteiger partial charge in [0.05, 0.1) is 0 Å². The summed E-state index contributed by atoms with van der Waals surface area (Å²) in [5.41, 5.74) is 0. The second kappa shape index (κ2) is 31.2. The SMILES string of the molecule is CCCCCCC/C=C\C(CCCCCCC(=O)O)OC(=O)CCCCCCCCCCCCCCCCC. The minimum atomic E-state index is -0.720. The van der Waals surface area contributed by atoms with Crippen LogP contribution in [0, 0.1) is 0 Å². The first-order chi connectivity index (χ1) is 19.1. The highest BCUT2D eigenvalue weighted by molar-refractivity contribution is 5.69. The van der Waals surface area contributed by atoms with Crippen LogP contribution in [0.25, 0.3) is 0 Å². The van der Waals surface area contributed by atoms with Crippen molar-refractivity contribution in [3.63, 3.8) is 0 Å². The number of ether oxygens (including phenoxy) is 1. The molecule has 0 aromatic carbocycles. The van der Waals surface area contributed by atoms with Crippen LogP contribution in [-0.4, -0.2) is 23.1 Å². The first kappa shape index (κ1) is 37.7. The second-order valence-corrected chi connectivity index (χ2v) is 11.7. The zero-order valence-corrected chi connectivity index (χ0v) is 26.2. The highest BCUT2D eigenvalue weighted by atomic mass is 16.5. The molecule has 0 aliphatic heterocycles. The fourth-order valence-corrected chi connectivity index (χ4v) is 5.15. The highest BCUT2D eigenvalue weighted by Crippen LogP contribution is 2.16. The van der Waals surface area contributed by atoms with Gasteiger partial charge < -0.3 is 9.84 Å². The van der Waals surface area contributed by atoms with E-state index in [4.69, 9.17) is 9.84 Å². The lowest BCUT2D eigenvalue weighted by Gasteiger charge is -2.15. The second-order valence-electron chi connectivity index (χ2n) is 11.7. The van der Waals surface area contributed by atoms with Crippen molar-refractivity contribution < 1.29 is 19.4 Å². The summed E-state index contributed by atoms with van der Waals surface area (Å²) in [6.45, 7) is 4.51. The summed E-state index contributed by atoms with van der Waals surface area (Å²) < 4.78 is 5.84. The van der Waals surface area contributed by atoms with Crippen LogP contribution in [0.2, 0.25) is 0 Å². The van der Waals surface area contributed by atoms with E-state index in [1.165, 1.54) is 116 Å². The Morgan fingerprint density at radius 2 is 0.974 bits per heavy atom. The molecule has 0 amide bonds. The molecule has 0 aromatic rings. The number of carbonyl (C=O) groups excluding carboxylic acids is 1. The summed E-state index contributed by atoms with van der Waals surface area (Å²) in [5, 5.41) is 8.78. The van der Waals surface area contributed by atoms with Crippen molar-refractivity contribution in [3.05, 3.63) is 12.2 Å². The molecule has 1 unspecified atom stereocenters. The fraction of sp³-hybridized carbons (Fsp3) is 0.886. The summed E-state index contributed by atoms with van der Waals surface area (Å²) in [4.78, 5) is 23.2. The maximum absolute atomic E-state index is 12.5. The van der Waals surface area contributed by atoms with Crippen molar-refractivity contribution in [2.45, 2.75) is 200 Å². The number of carbonyl (C=O) groups is 2. The lowest BCUT2D eigenvalue weighted by atomic mass is 10.0. The number of esters is 1. The van der Waals surface area contributed by atoms with Gasteiger partial charge in [-0.05, 0) is 44.6 Å². The molecule has 230 valence electrons. The molecule has 39 heavy (non-hydrogen) atoms. The van der Waals surface area contributed by atoms with Crippen molar-refractivity contribution >= 4 is 11.9 Å². The van der Waals surface area contributed by atoms with Crippen molar-refractivity contribution in [2.24, 2.45) is 0 Å². The number of aliphatic carboxylic acids is 1. The molecule has 0 rings (SSSR count). The Balaban J connectivity index is 3.93. The zero-order valence-electron chi connectivity index (χ0n) is 26.2. The van der Waals surface area contributed by atoms with Gasteiger partial charge in [-0.2, -0.15) is 0 Å². The molecular weight excluding hydrogens is 484 g/mol. The predicted molar refractivity (Wildman–Crippen MR) is 167 cm³/mol. The minimum absolute atomic E-state index is 0.0619. The number of carboxylic acids is 1. The third-order valence-corrected chi connectivity index (χ3v) is 7.72. The van der Waals surface area contributed by atoms with Gasteiger partial charge in [0.25, 0.3) is 0 Å². The van der Waals surface area contributed by atoms with Crippen molar-refractivity contribution in [3.8, 4) is 0 Å². The van der Waals surface area contributed by atoms with E-state index < -0.39 is 5.97 Å². The van der Waals surface area contributed by atoms with Gasteiger partial charge in [0.2, 0.25) is 0 Å². The maximum atomic E-state index is 12.5. The van der Waals surface area contributed by atoms with Gasteiger partial charge in [0, 0.05) is 12.8 Å². The molecule has 1 atom stereocenters. The Bertz CT molecular complexity index is 557. The standard InChI is InChI=1S/C35H66O4/c1-3-5-7-9-11-12-13-14-15-16-17-18-20-22-28-32-35(38)39-33(29-25-21-19-10-8-6-4-2)30-26-23-24-27-31-34(36)37/h25,29,33H,3-24,26-28,30-32H2,1-2H3,(H,36,37)/b29-25-. The van der Waals surface area contributed by atoms with Gasteiger partial charge in [-0.15, -0.1) is 0 Å². The Hall–Kier alpha value is -1.32. The quantitative estimate of drug-likeness (QED) is 0.0529. The monoisotopic (exact) mass is 550 g/mol. The van der Waals surface area contributed by atoms with Crippen LogP contribution in [0.1, 0.15) is 194 Å². The Kier molecular flexibility index (Phi) is 30.2. The van der Waals surface area contributed by atoms with Crippen LogP contribution in [0.15, 0.2) is 12.2 Å². The van der Waals surface area contributed by atoms with E-state index in [1.807, 2.05) is 0 Å². The van der Waals surface area contributed by atoms with Crippen molar-refractivity contribution in [2.75, 3.05) is 0 Å². The lowest BCUT2D eigenvalue weighted by Crippen LogP contribution is -2.16. The third kappa shape index (κ3) is 31.1. The largest absolute Gasteiger partial charge is 0.481 e. The number of carboxylic acid groups (broad SMARTS) is 1. The number of allylic oxidation sites excluding steroid dienone is 1. The molecule has 0 saturated carbocycles. The molecule has 0 aromatic heterocycles. The molecular formula is C35H66O4. The van der Waals surface area contributed by atoms with E-state index in [0.29, 0.717) is 6.42 Å². The molecule has 0 saturated heterocycles. The summed E-state index contributed by atoms with van der Waals surface area (Å²) in [6, 6.07) is 0. The van der Waals surface area contributed by atoms with Crippen LogP contribution in [0.3, 0.4) is 0 Å². The van der Waals surface area contributed by atoms with Crippen LogP contribution in [0.4, 0.5) is 0 Å². The van der Waals surface area contributed by atoms with E-state index >= 15 is 0 Å². The molecule has 1 N–H and O–H groups in total. The molecule has 4 heteroatoms. The Morgan fingerprint density at radius 3 is 1.46 bits per heavy atom. The maximum Gasteiger partial charge on any atom is 0.306 e. The third-order valence-electron chi connectivity index (χ3n) is 7.72. The predicted octanol–water partition coefficient (Wildman–Crippen LogP) is 11.5. The first-order valence-electron chi connectivity index (χ1n) is 17.2. The van der Waals surface area contributed by atoms with E-state index in [-0.39, 0.29) is 18.5 Å². The normalized spacial score (nSPS) is 12.3. The lowest BCUT2D eigenvalue weighted by molar-refractivity contribution is -0.147. The highest BCUT2D eigenvalue weighted by Gasteiger charge is 2.11. The summed E-state index contributed by atoms with van der Waals surface area (Å²) >= 11 is 0. The van der Waals surface area contributed by atoms with Gasteiger partial charge in [-0.25, -0.2) is 0 Å². The van der Waals surface area contributed by atoms with Crippen LogP contribution < -0.4 is 0 Å². The first-order valence-corrected chi connectivity index (χ1v) is 17.2. The van der Waals surface area contributed by atoms with Crippen LogP contribution in [0.5, 0.6) is 0 Å². The Morgan fingerprint density at radius 1 is 0.564 bits per heavy atom. The Labute approximate surface area is 243 Å². The molecule has 0 aliphatic carbocycles. The van der Waals surface area contributed by atoms with E-state index in [0.717, 1.165) is 51.4 Å². The number of rotatable bonds is 31. The van der Waals surface area contributed by atoms with Gasteiger partial charge >= 0.3 is 11.9 Å². The molecule has 4 nitrogen and oxygen atoms in total. The topological polar surface area (TPSA) is 63.6 Å². The van der Waals surface area contributed by atoms with E-state index in [1.54, 1.807) is 0 Å². The molecule has 0 radical (unpaired) electrons. The zero-order chi connectivity index (χ0) is 28.7. The average molecular weight is 551 g/mol. The fourth-order valence-electron chi connectivity index (χ4n) is 5.15. The summed E-state index contributed by atoms with van der Waals surface area (Å²) in [7, 11) is 0. The minimum Gasteiger partial charge on any atom is -0.481 e. The van der Waals surface area contributed by atoms with E-state index in [2.05, 4.69) is 26.0 Å². The van der Waals surface area contributed by atoms with Gasteiger partial charge in [0.1, 0.15) is 6.10 Å². The number of hydrogen-bond acceptors (Lipinski definition) is 3. The van der Waals surface area contributed by atoms with Gasteiger partial charge in [-0.3, -0.25) is 9.59 Å². The number of unbranched alkanes of at least 4 members (excludes halogenated alkanes) is 22. The molecule has 0 heterocycles. The van der Waals surface area contributed by atoms with Crippen LogP contribution >= 0.6 is 0 Å². The molecule has 0 fully saturated rings. The molecule has 0 spiro atoms. The summed E-state index contributed by atoms with van der Waals surface area (Å²) in [5.74, 6) is -0.782. The summed E-state index contributed by atoms with van der Waals surface area (Å²) in [6.07, 6.45) is 36.7. The van der Waals surface area contributed by atoms with Crippen molar-refractivity contribution in [1.29, 1.82) is 0 Å². The molecule has 0 aliphatic rings. The van der Waals surface area contributed by atoms with Crippen LogP contribution in [-0.2, 0) is 14.3 Å². The average Bonchev–Trinajstić information content (AvgIpc) is 2.91. The van der Waals surface area contributed by atoms with Crippen molar-refractivity contribution in [1.82, 2.24) is 0 Å². The van der Waals surface area contributed by atoms with Gasteiger partial charge in [0.15, 0.2) is 0 Å². The molecule has 0 bridgehead atoms. The van der Waals surface area contributed by atoms with Gasteiger partial charge in [-0.1, -0.05) is 148 Å². The number of hydrogen-bond donors (Lipinski definition) is 1. The smallest absolute Gasteiger partial charge is 0.306 e.